The molecule has 0 aliphatic carbocycles. The Morgan fingerprint density at radius 2 is 2.14 bits per heavy atom. The van der Waals surface area contributed by atoms with Gasteiger partial charge >= 0.3 is 5.97 Å². The summed E-state index contributed by atoms with van der Waals surface area (Å²) < 4.78 is 4.59. The number of nitriles is 1. The number of nitrogens with zero attached hydrogens (tertiary/aromatic N) is 2. The van der Waals surface area contributed by atoms with E-state index in [4.69, 9.17) is 0 Å². The van der Waals surface area contributed by atoms with Crippen molar-refractivity contribution in [1.29, 1.82) is 5.26 Å². The first-order valence-corrected chi connectivity index (χ1v) is 7.43. The fourth-order valence-corrected chi connectivity index (χ4v) is 2.83. The van der Waals surface area contributed by atoms with Gasteiger partial charge in [-0.1, -0.05) is 30.3 Å². The van der Waals surface area contributed by atoms with E-state index in [-0.39, 0.29) is 18.3 Å². The number of rotatable bonds is 5. The third-order valence-corrected chi connectivity index (χ3v) is 4.19. The minimum atomic E-state index is -0.725. The molecular formula is C17H20N2O3. The van der Waals surface area contributed by atoms with Crippen molar-refractivity contribution in [1.82, 2.24) is 4.90 Å². The fourth-order valence-electron chi connectivity index (χ4n) is 2.83. The number of benzene rings is 1. The first-order valence-electron chi connectivity index (χ1n) is 7.43. The number of ether oxygens (including phenoxy) is 1. The second-order valence-corrected chi connectivity index (χ2v) is 5.55. The van der Waals surface area contributed by atoms with Crippen molar-refractivity contribution in [2.45, 2.75) is 31.1 Å². The first-order chi connectivity index (χ1) is 10.6. The van der Waals surface area contributed by atoms with E-state index < -0.39 is 5.41 Å². The lowest BCUT2D eigenvalue weighted by molar-refractivity contribution is -0.142. The standard InChI is InChI=1S/C17H20N2O3/c1-22-16(21)8-5-10-19-11-9-17(13-18,12-15(19)20)14-6-3-2-4-7-14/h2-4,6-7H,5,8-12H2,1H3/t17-/m1/s1. The lowest BCUT2D eigenvalue weighted by Crippen LogP contribution is -2.46. The van der Waals surface area contributed by atoms with E-state index in [0.717, 1.165) is 5.56 Å². The molecule has 0 saturated carbocycles. The molecule has 1 amide bonds. The molecule has 5 heteroatoms. The van der Waals surface area contributed by atoms with E-state index in [2.05, 4.69) is 10.8 Å². The fraction of sp³-hybridized carbons (Fsp3) is 0.471. The van der Waals surface area contributed by atoms with Crippen LogP contribution in [0.4, 0.5) is 0 Å². The summed E-state index contributed by atoms with van der Waals surface area (Å²) in [7, 11) is 1.36. The highest BCUT2D eigenvalue weighted by molar-refractivity contribution is 5.80. The highest BCUT2D eigenvalue weighted by Crippen LogP contribution is 2.35. The molecule has 0 N–H and O–H groups in total. The zero-order valence-electron chi connectivity index (χ0n) is 12.7. The average molecular weight is 300 g/mol. The van der Waals surface area contributed by atoms with Gasteiger partial charge in [0.25, 0.3) is 0 Å². The highest BCUT2D eigenvalue weighted by Gasteiger charge is 2.40. The summed E-state index contributed by atoms with van der Waals surface area (Å²) in [6.07, 6.45) is 1.72. The molecule has 5 nitrogen and oxygen atoms in total. The van der Waals surface area contributed by atoms with Gasteiger partial charge in [-0.15, -0.1) is 0 Å². The molecule has 1 aliphatic heterocycles. The SMILES string of the molecule is COC(=O)CCCN1CC[C@@](C#N)(c2ccccc2)CC1=O. The van der Waals surface area contributed by atoms with Gasteiger partial charge in [-0.05, 0) is 18.4 Å². The van der Waals surface area contributed by atoms with Crippen LogP contribution in [0.5, 0.6) is 0 Å². The van der Waals surface area contributed by atoms with Crippen molar-refractivity contribution >= 4 is 11.9 Å². The van der Waals surface area contributed by atoms with Crippen LogP contribution in [0.1, 0.15) is 31.2 Å². The summed E-state index contributed by atoms with van der Waals surface area (Å²) in [4.78, 5) is 25.2. The number of hydrogen-bond acceptors (Lipinski definition) is 4. The normalized spacial score (nSPS) is 21.3. The summed E-state index contributed by atoms with van der Waals surface area (Å²) in [5.41, 5.74) is 0.178. The molecule has 116 valence electrons. The number of piperidine rings is 1. The number of likely N-dealkylation sites (tertiary alicyclic amines) is 1. The predicted molar refractivity (Wildman–Crippen MR) is 80.8 cm³/mol. The number of carbonyl (C=O) groups excluding carboxylic acids is 2. The molecule has 1 aromatic carbocycles. The monoisotopic (exact) mass is 300 g/mol. The van der Waals surface area contributed by atoms with Crippen LogP contribution < -0.4 is 0 Å². The number of carbonyl (C=O) groups is 2. The van der Waals surface area contributed by atoms with Gasteiger partial charge in [0.15, 0.2) is 0 Å². The largest absolute Gasteiger partial charge is 0.469 e. The van der Waals surface area contributed by atoms with Gasteiger partial charge in [0.05, 0.1) is 18.6 Å². The Morgan fingerprint density at radius 3 is 2.73 bits per heavy atom. The molecule has 0 unspecified atom stereocenters. The maximum atomic E-state index is 12.3. The Morgan fingerprint density at radius 1 is 1.41 bits per heavy atom. The van der Waals surface area contributed by atoms with Gasteiger partial charge in [-0.25, -0.2) is 0 Å². The minimum Gasteiger partial charge on any atom is -0.469 e. The lowest BCUT2D eigenvalue weighted by atomic mass is 9.74. The average Bonchev–Trinajstić information content (AvgIpc) is 2.57. The summed E-state index contributed by atoms with van der Waals surface area (Å²) in [6.45, 7) is 1.08. The van der Waals surface area contributed by atoms with Crippen molar-refractivity contribution < 1.29 is 14.3 Å². The van der Waals surface area contributed by atoms with E-state index in [0.29, 0.717) is 32.4 Å². The molecule has 1 aromatic rings. The summed E-state index contributed by atoms with van der Waals surface area (Å²) >= 11 is 0. The lowest BCUT2D eigenvalue weighted by Gasteiger charge is -2.37. The van der Waals surface area contributed by atoms with Gasteiger partial charge in [-0.2, -0.15) is 5.26 Å². The van der Waals surface area contributed by atoms with Crippen LogP contribution >= 0.6 is 0 Å². The summed E-state index contributed by atoms with van der Waals surface area (Å²) in [6, 6.07) is 11.8. The van der Waals surface area contributed by atoms with E-state index in [9.17, 15) is 14.9 Å². The molecule has 22 heavy (non-hydrogen) atoms. The number of methoxy groups -OCH3 is 1. The topological polar surface area (TPSA) is 70.4 Å². The highest BCUT2D eigenvalue weighted by atomic mass is 16.5. The van der Waals surface area contributed by atoms with Crippen molar-refractivity contribution in [2.24, 2.45) is 0 Å². The Hall–Kier alpha value is -2.35. The Bertz CT molecular complexity index is 579. The van der Waals surface area contributed by atoms with Crippen LogP contribution in [0.2, 0.25) is 0 Å². The van der Waals surface area contributed by atoms with E-state index in [1.54, 1.807) is 4.90 Å². The van der Waals surface area contributed by atoms with Crippen LogP contribution in [-0.4, -0.2) is 37.0 Å². The summed E-state index contributed by atoms with van der Waals surface area (Å²) in [5, 5.41) is 9.60. The molecule has 0 spiro atoms. The zero-order chi connectivity index (χ0) is 16.0. The van der Waals surface area contributed by atoms with Crippen LogP contribution in [0.3, 0.4) is 0 Å². The van der Waals surface area contributed by atoms with Crippen molar-refractivity contribution in [2.75, 3.05) is 20.2 Å². The molecule has 1 saturated heterocycles. The molecule has 0 radical (unpaired) electrons. The van der Waals surface area contributed by atoms with Crippen LogP contribution in [0.25, 0.3) is 0 Å². The quantitative estimate of drug-likeness (QED) is 0.780. The smallest absolute Gasteiger partial charge is 0.305 e. The Balaban J connectivity index is 1.98. The first kappa shape index (κ1) is 16.0. The van der Waals surface area contributed by atoms with Crippen LogP contribution in [0.15, 0.2) is 30.3 Å². The van der Waals surface area contributed by atoms with Crippen molar-refractivity contribution in [3.63, 3.8) is 0 Å². The zero-order valence-corrected chi connectivity index (χ0v) is 12.7. The van der Waals surface area contributed by atoms with E-state index >= 15 is 0 Å². The third kappa shape index (κ3) is 3.45. The number of amides is 1. The molecule has 1 aliphatic rings. The van der Waals surface area contributed by atoms with Crippen molar-refractivity contribution in [3.8, 4) is 6.07 Å². The van der Waals surface area contributed by atoms with Gasteiger partial charge in [0.1, 0.15) is 0 Å². The number of hydrogen-bond donors (Lipinski definition) is 0. The second kappa shape index (κ2) is 7.08. The van der Waals surface area contributed by atoms with E-state index in [1.165, 1.54) is 7.11 Å². The van der Waals surface area contributed by atoms with E-state index in [1.807, 2.05) is 30.3 Å². The molecule has 1 fully saturated rings. The van der Waals surface area contributed by atoms with Gasteiger partial charge in [0, 0.05) is 25.9 Å². The Kier molecular flexibility index (Phi) is 5.16. The second-order valence-electron chi connectivity index (χ2n) is 5.55. The summed E-state index contributed by atoms with van der Waals surface area (Å²) in [5.74, 6) is -0.290. The van der Waals surface area contributed by atoms with Crippen LogP contribution in [0, 0.1) is 11.3 Å². The molecular weight excluding hydrogens is 280 g/mol. The Labute approximate surface area is 130 Å². The minimum absolute atomic E-state index is 0.0264. The maximum absolute atomic E-state index is 12.3. The maximum Gasteiger partial charge on any atom is 0.305 e. The molecule has 1 heterocycles. The van der Waals surface area contributed by atoms with Crippen LogP contribution in [-0.2, 0) is 19.7 Å². The van der Waals surface area contributed by atoms with Gasteiger partial charge < -0.3 is 9.64 Å². The van der Waals surface area contributed by atoms with Crippen molar-refractivity contribution in [3.05, 3.63) is 35.9 Å². The predicted octanol–water partition coefficient (Wildman–Crippen LogP) is 2.02. The van der Waals surface area contributed by atoms with Gasteiger partial charge in [-0.3, -0.25) is 9.59 Å². The molecule has 2 rings (SSSR count). The van der Waals surface area contributed by atoms with Gasteiger partial charge in [0.2, 0.25) is 5.91 Å². The third-order valence-electron chi connectivity index (χ3n) is 4.19. The molecule has 0 aromatic heterocycles. The number of esters is 1. The molecule has 1 atom stereocenters. The molecule has 0 bridgehead atoms.